The molecule has 18 heavy (non-hydrogen) atoms. The molecule has 2 aromatic rings. The van der Waals surface area contributed by atoms with E-state index < -0.39 is 6.10 Å². The van der Waals surface area contributed by atoms with Crippen molar-refractivity contribution in [1.29, 1.82) is 0 Å². The first kappa shape index (κ1) is 12.6. The highest BCUT2D eigenvalue weighted by atomic mass is 16.5. The number of benzene rings is 2. The van der Waals surface area contributed by atoms with E-state index in [1.807, 2.05) is 54.6 Å². The minimum Gasteiger partial charge on any atom is -0.497 e. The molecule has 0 aliphatic rings. The lowest BCUT2D eigenvalue weighted by molar-refractivity contribution is -0.446. The Kier molecular flexibility index (Phi) is 3.97. The smallest absolute Gasteiger partial charge is 0.140 e. The zero-order valence-corrected chi connectivity index (χ0v) is 10.4. The fourth-order valence-electron chi connectivity index (χ4n) is 1.92. The molecule has 2 aromatic carbocycles. The van der Waals surface area contributed by atoms with E-state index in [1.54, 1.807) is 7.11 Å². The van der Waals surface area contributed by atoms with E-state index in [0.717, 1.165) is 16.9 Å². The quantitative estimate of drug-likeness (QED) is 0.860. The number of rotatable bonds is 4. The van der Waals surface area contributed by atoms with E-state index in [0.29, 0.717) is 0 Å². The van der Waals surface area contributed by atoms with E-state index in [1.165, 1.54) is 0 Å². The van der Waals surface area contributed by atoms with Crippen molar-refractivity contribution in [2.24, 2.45) is 0 Å². The Morgan fingerprint density at radius 2 is 1.56 bits per heavy atom. The number of aliphatic hydroxyl groups is 1. The van der Waals surface area contributed by atoms with Crippen LogP contribution in [0.1, 0.15) is 23.3 Å². The Morgan fingerprint density at radius 1 is 0.944 bits per heavy atom. The Balaban J connectivity index is 2.17. The van der Waals surface area contributed by atoms with Crippen molar-refractivity contribution in [3.63, 3.8) is 0 Å². The third-order valence-electron chi connectivity index (χ3n) is 3.07. The van der Waals surface area contributed by atoms with Crippen LogP contribution < -0.4 is 10.5 Å². The zero-order chi connectivity index (χ0) is 13.0. The summed E-state index contributed by atoms with van der Waals surface area (Å²) in [5, 5.41) is 10.3. The van der Waals surface area contributed by atoms with Gasteiger partial charge in [0, 0.05) is 5.56 Å². The highest BCUT2D eigenvalue weighted by molar-refractivity contribution is 5.30. The van der Waals surface area contributed by atoms with Crippen LogP contribution >= 0.6 is 0 Å². The van der Waals surface area contributed by atoms with Crippen LogP contribution in [0.4, 0.5) is 0 Å². The minimum atomic E-state index is -0.613. The summed E-state index contributed by atoms with van der Waals surface area (Å²) in [5.74, 6) is 0.784. The molecule has 2 atom stereocenters. The van der Waals surface area contributed by atoms with Crippen molar-refractivity contribution >= 4 is 0 Å². The van der Waals surface area contributed by atoms with Crippen LogP contribution in [-0.4, -0.2) is 12.2 Å². The molecule has 2 rings (SSSR count). The van der Waals surface area contributed by atoms with Gasteiger partial charge in [-0.05, 0) is 17.7 Å². The lowest BCUT2D eigenvalue weighted by Gasteiger charge is -2.16. The topological polar surface area (TPSA) is 57.1 Å². The van der Waals surface area contributed by atoms with Crippen LogP contribution in [0, 0.1) is 0 Å². The molecular weight excluding hydrogens is 226 g/mol. The predicted octanol–water partition coefficient (Wildman–Crippen LogP) is 1.71. The number of ether oxygens (including phenoxy) is 1. The second-order valence-electron chi connectivity index (χ2n) is 4.24. The van der Waals surface area contributed by atoms with Gasteiger partial charge in [0.2, 0.25) is 0 Å². The van der Waals surface area contributed by atoms with Gasteiger partial charge >= 0.3 is 0 Å². The number of quaternary nitrogens is 1. The van der Waals surface area contributed by atoms with Crippen molar-refractivity contribution < 1.29 is 15.6 Å². The largest absolute Gasteiger partial charge is 0.497 e. The monoisotopic (exact) mass is 244 g/mol. The van der Waals surface area contributed by atoms with Crippen molar-refractivity contribution in [3.8, 4) is 5.75 Å². The van der Waals surface area contributed by atoms with E-state index in [2.05, 4.69) is 5.73 Å². The molecule has 0 aliphatic carbocycles. The maximum absolute atomic E-state index is 10.3. The van der Waals surface area contributed by atoms with E-state index in [-0.39, 0.29) is 6.04 Å². The van der Waals surface area contributed by atoms with Gasteiger partial charge in [-0.15, -0.1) is 0 Å². The summed E-state index contributed by atoms with van der Waals surface area (Å²) < 4.78 is 5.10. The van der Waals surface area contributed by atoms with Crippen LogP contribution in [0.5, 0.6) is 5.75 Å². The molecule has 0 saturated carbocycles. The van der Waals surface area contributed by atoms with Gasteiger partial charge < -0.3 is 15.6 Å². The fraction of sp³-hybridized carbons (Fsp3) is 0.200. The Hall–Kier alpha value is -1.84. The second kappa shape index (κ2) is 5.67. The zero-order valence-electron chi connectivity index (χ0n) is 10.4. The molecule has 0 heterocycles. The van der Waals surface area contributed by atoms with Gasteiger partial charge in [-0.2, -0.15) is 0 Å². The first-order valence-corrected chi connectivity index (χ1v) is 5.92. The molecule has 0 unspecified atom stereocenters. The molecule has 0 fully saturated rings. The lowest BCUT2D eigenvalue weighted by atomic mass is 9.97. The third-order valence-corrected chi connectivity index (χ3v) is 3.07. The summed E-state index contributed by atoms with van der Waals surface area (Å²) in [6.07, 6.45) is -0.613. The van der Waals surface area contributed by atoms with Crippen LogP contribution in [0.3, 0.4) is 0 Å². The highest BCUT2D eigenvalue weighted by Gasteiger charge is 2.21. The first-order valence-electron chi connectivity index (χ1n) is 5.92. The van der Waals surface area contributed by atoms with Gasteiger partial charge in [-0.3, -0.25) is 0 Å². The van der Waals surface area contributed by atoms with Crippen LogP contribution in [-0.2, 0) is 0 Å². The number of methoxy groups -OCH3 is 1. The standard InChI is InChI=1S/C15H17NO2/c1-18-13-9-7-12(8-10-13)15(17)14(16)11-5-3-2-4-6-11/h2-10,14-15,17H,16H2,1H3/p+1/t14-,15+/m0/s1. The molecule has 0 aliphatic heterocycles. The highest BCUT2D eigenvalue weighted by Crippen LogP contribution is 2.26. The summed E-state index contributed by atoms with van der Waals surface area (Å²) in [6, 6.07) is 17.1. The maximum atomic E-state index is 10.3. The summed E-state index contributed by atoms with van der Waals surface area (Å²) in [5.41, 5.74) is 5.92. The summed E-state index contributed by atoms with van der Waals surface area (Å²) in [4.78, 5) is 0. The SMILES string of the molecule is COc1ccc([C@@H](O)[C@@H]([NH3+])c2ccccc2)cc1. The van der Waals surface area contributed by atoms with E-state index >= 15 is 0 Å². The Morgan fingerprint density at radius 3 is 2.11 bits per heavy atom. The van der Waals surface area contributed by atoms with Gasteiger partial charge in [0.05, 0.1) is 7.11 Å². The van der Waals surface area contributed by atoms with E-state index in [9.17, 15) is 5.11 Å². The number of hydrogen-bond donors (Lipinski definition) is 2. The molecule has 0 saturated heterocycles. The van der Waals surface area contributed by atoms with Gasteiger partial charge in [-0.1, -0.05) is 42.5 Å². The summed E-state index contributed by atoms with van der Waals surface area (Å²) >= 11 is 0. The normalized spacial score (nSPS) is 13.9. The van der Waals surface area contributed by atoms with Crippen molar-refractivity contribution in [1.82, 2.24) is 0 Å². The van der Waals surface area contributed by atoms with Crippen molar-refractivity contribution in [2.75, 3.05) is 7.11 Å². The van der Waals surface area contributed by atoms with Gasteiger partial charge in [-0.25, -0.2) is 0 Å². The average Bonchev–Trinajstić information content (AvgIpc) is 2.47. The second-order valence-corrected chi connectivity index (χ2v) is 4.24. The molecule has 0 bridgehead atoms. The number of aliphatic hydroxyl groups excluding tert-OH is 1. The Labute approximate surface area is 107 Å². The molecular formula is C15H18NO2+. The summed E-state index contributed by atoms with van der Waals surface area (Å²) in [7, 11) is 1.62. The van der Waals surface area contributed by atoms with Crippen molar-refractivity contribution in [3.05, 3.63) is 65.7 Å². The number of hydrogen-bond acceptors (Lipinski definition) is 2. The van der Waals surface area contributed by atoms with Gasteiger partial charge in [0.1, 0.15) is 17.9 Å². The molecule has 4 N–H and O–H groups in total. The van der Waals surface area contributed by atoms with Crippen molar-refractivity contribution in [2.45, 2.75) is 12.1 Å². The van der Waals surface area contributed by atoms with Crippen LogP contribution in [0.15, 0.2) is 54.6 Å². The maximum Gasteiger partial charge on any atom is 0.140 e. The van der Waals surface area contributed by atoms with Crippen LogP contribution in [0.2, 0.25) is 0 Å². The minimum absolute atomic E-state index is 0.181. The molecule has 0 aromatic heterocycles. The molecule has 3 heteroatoms. The molecule has 0 amide bonds. The molecule has 0 spiro atoms. The summed E-state index contributed by atoms with van der Waals surface area (Å²) in [6.45, 7) is 0. The molecule has 3 nitrogen and oxygen atoms in total. The molecule has 94 valence electrons. The van der Waals surface area contributed by atoms with Gasteiger partial charge in [0.25, 0.3) is 0 Å². The lowest BCUT2D eigenvalue weighted by Crippen LogP contribution is -2.56. The predicted molar refractivity (Wildman–Crippen MR) is 70.0 cm³/mol. The third kappa shape index (κ3) is 2.70. The van der Waals surface area contributed by atoms with Gasteiger partial charge in [0.15, 0.2) is 0 Å². The molecule has 0 radical (unpaired) electrons. The fourth-order valence-corrected chi connectivity index (χ4v) is 1.92. The van der Waals surface area contributed by atoms with Crippen LogP contribution in [0.25, 0.3) is 0 Å². The first-order chi connectivity index (χ1) is 8.72. The van der Waals surface area contributed by atoms with E-state index in [4.69, 9.17) is 4.74 Å². The average molecular weight is 244 g/mol. The Bertz CT molecular complexity index is 482.